The van der Waals surface area contributed by atoms with Crippen LogP contribution in [0.5, 0.6) is 0 Å². The molecule has 86 valence electrons. The van der Waals surface area contributed by atoms with E-state index in [-0.39, 0.29) is 17.7 Å². The number of rotatable bonds is 4. The summed E-state index contributed by atoms with van der Waals surface area (Å²) >= 11 is 0. The van der Waals surface area contributed by atoms with Gasteiger partial charge in [0.2, 0.25) is 12.3 Å². The molecule has 1 rings (SSSR count). The fourth-order valence-corrected chi connectivity index (χ4v) is 1.25. The van der Waals surface area contributed by atoms with Crippen molar-refractivity contribution in [2.45, 2.75) is 33.9 Å². The van der Waals surface area contributed by atoms with Crippen LogP contribution >= 0.6 is 0 Å². The number of aromatic nitrogens is 1. The number of nitrogens with zero attached hydrogens (tertiary/aromatic N) is 2. The second-order valence-corrected chi connectivity index (χ2v) is 4.84. The average molecular weight is 221 g/mol. The Labute approximate surface area is 95.3 Å². The molecule has 1 aromatic rings. The molecule has 0 saturated heterocycles. The number of ketones is 1. The van der Waals surface area contributed by atoms with Gasteiger partial charge in [0.15, 0.2) is 12.4 Å². The molecule has 0 aromatic carbocycles. The summed E-state index contributed by atoms with van der Waals surface area (Å²) < 4.78 is 1.79. The molecular formula is C12H17N2O2+. The van der Waals surface area contributed by atoms with Crippen LogP contribution in [-0.2, 0) is 17.9 Å². The van der Waals surface area contributed by atoms with E-state index in [2.05, 4.69) is 5.18 Å². The molecule has 0 aliphatic heterocycles. The third kappa shape index (κ3) is 3.53. The van der Waals surface area contributed by atoms with E-state index in [0.29, 0.717) is 6.54 Å². The Morgan fingerprint density at radius 1 is 1.44 bits per heavy atom. The second kappa shape index (κ2) is 4.96. The van der Waals surface area contributed by atoms with Crippen LogP contribution in [0.15, 0.2) is 29.7 Å². The van der Waals surface area contributed by atoms with Crippen molar-refractivity contribution >= 4 is 5.78 Å². The lowest BCUT2D eigenvalue weighted by Crippen LogP contribution is -2.41. The molecule has 1 aromatic heterocycles. The molecule has 1 heterocycles. The lowest BCUT2D eigenvalue weighted by molar-refractivity contribution is -0.685. The van der Waals surface area contributed by atoms with Crippen LogP contribution in [0.1, 0.15) is 26.3 Å². The minimum Gasteiger partial charge on any atom is -0.292 e. The Morgan fingerprint density at radius 2 is 2.12 bits per heavy atom. The zero-order valence-electron chi connectivity index (χ0n) is 9.93. The maximum Gasteiger partial charge on any atom is 0.207 e. The van der Waals surface area contributed by atoms with Crippen LogP contribution < -0.4 is 4.57 Å². The van der Waals surface area contributed by atoms with E-state index in [9.17, 15) is 9.70 Å². The van der Waals surface area contributed by atoms with Crippen molar-refractivity contribution < 1.29 is 9.36 Å². The highest BCUT2D eigenvalue weighted by Crippen LogP contribution is 2.14. The Kier molecular flexibility index (Phi) is 3.88. The Balaban J connectivity index is 2.78. The highest BCUT2D eigenvalue weighted by atomic mass is 16.3. The topological polar surface area (TPSA) is 50.4 Å². The summed E-state index contributed by atoms with van der Waals surface area (Å²) in [6.07, 6.45) is 3.60. The minimum atomic E-state index is -0.341. The molecule has 0 fully saturated rings. The molecule has 0 amide bonds. The van der Waals surface area contributed by atoms with E-state index in [4.69, 9.17) is 0 Å². The third-order valence-electron chi connectivity index (χ3n) is 2.33. The predicted molar refractivity (Wildman–Crippen MR) is 60.6 cm³/mol. The smallest absolute Gasteiger partial charge is 0.207 e. The van der Waals surface area contributed by atoms with Gasteiger partial charge < -0.3 is 0 Å². The third-order valence-corrected chi connectivity index (χ3v) is 2.33. The molecule has 0 atom stereocenters. The zero-order chi connectivity index (χ0) is 12.2. The Bertz CT molecular complexity index is 394. The molecule has 0 radical (unpaired) electrons. The molecule has 0 aliphatic carbocycles. The number of nitroso groups, excluding NO2 is 1. The lowest BCUT2D eigenvalue weighted by atomic mass is 9.91. The number of hydrogen-bond donors (Lipinski definition) is 0. The monoisotopic (exact) mass is 221 g/mol. The van der Waals surface area contributed by atoms with Crippen molar-refractivity contribution in [1.82, 2.24) is 0 Å². The summed E-state index contributed by atoms with van der Waals surface area (Å²) in [5.74, 6) is 0.161. The minimum absolute atomic E-state index is 0.143. The fourth-order valence-electron chi connectivity index (χ4n) is 1.25. The molecule has 16 heavy (non-hydrogen) atoms. The van der Waals surface area contributed by atoms with Crippen molar-refractivity contribution in [1.29, 1.82) is 0 Å². The van der Waals surface area contributed by atoms with E-state index in [1.807, 2.05) is 39.1 Å². The maximum absolute atomic E-state index is 11.8. The van der Waals surface area contributed by atoms with Crippen molar-refractivity contribution in [2.75, 3.05) is 0 Å². The molecule has 0 unspecified atom stereocenters. The molecular weight excluding hydrogens is 204 g/mol. The molecule has 0 aliphatic rings. The largest absolute Gasteiger partial charge is 0.292 e. The van der Waals surface area contributed by atoms with Crippen molar-refractivity contribution in [3.63, 3.8) is 0 Å². The first-order chi connectivity index (χ1) is 7.43. The highest BCUT2D eigenvalue weighted by molar-refractivity contribution is 5.82. The Morgan fingerprint density at radius 3 is 2.69 bits per heavy atom. The average Bonchev–Trinajstić information content (AvgIpc) is 2.17. The van der Waals surface area contributed by atoms with Gasteiger partial charge in [-0.1, -0.05) is 25.9 Å². The predicted octanol–water partition coefficient (Wildman–Crippen LogP) is 1.86. The van der Waals surface area contributed by atoms with Crippen molar-refractivity contribution in [3.8, 4) is 0 Å². The molecule has 4 nitrogen and oxygen atoms in total. The van der Waals surface area contributed by atoms with E-state index in [1.54, 1.807) is 10.8 Å². The van der Waals surface area contributed by atoms with Crippen LogP contribution in [-0.4, -0.2) is 5.78 Å². The van der Waals surface area contributed by atoms with Gasteiger partial charge in [0.1, 0.15) is 6.54 Å². The Hall–Kier alpha value is -1.58. The van der Waals surface area contributed by atoms with Gasteiger partial charge in [-0.05, 0) is 6.07 Å². The number of hydrogen-bond acceptors (Lipinski definition) is 3. The van der Waals surface area contributed by atoms with Crippen LogP contribution in [0.4, 0.5) is 0 Å². The summed E-state index contributed by atoms with van der Waals surface area (Å²) in [5, 5.41) is 2.83. The van der Waals surface area contributed by atoms with Crippen LogP contribution in [0.2, 0.25) is 0 Å². The van der Waals surface area contributed by atoms with Gasteiger partial charge in [0, 0.05) is 17.0 Å². The van der Waals surface area contributed by atoms with Crippen LogP contribution in [0.25, 0.3) is 0 Å². The highest BCUT2D eigenvalue weighted by Gasteiger charge is 2.24. The van der Waals surface area contributed by atoms with Gasteiger partial charge in [-0.3, -0.25) is 4.79 Å². The van der Waals surface area contributed by atoms with E-state index >= 15 is 0 Å². The summed E-state index contributed by atoms with van der Waals surface area (Å²) in [7, 11) is 0. The molecule has 0 saturated carbocycles. The number of Topliss-reactive ketones (excluding diaryl/α,β-unsaturated/α-hetero) is 1. The van der Waals surface area contributed by atoms with Gasteiger partial charge in [0.25, 0.3) is 0 Å². The molecule has 0 spiro atoms. The lowest BCUT2D eigenvalue weighted by Gasteiger charge is -2.13. The SMILES string of the molecule is CC(C)(C)C(=O)C[n+]1cccc(CN=O)c1. The summed E-state index contributed by atoms with van der Waals surface area (Å²) in [6.45, 7) is 6.16. The van der Waals surface area contributed by atoms with Gasteiger partial charge in [0.05, 0.1) is 0 Å². The van der Waals surface area contributed by atoms with Gasteiger partial charge in [-0.15, -0.1) is 0 Å². The van der Waals surface area contributed by atoms with Gasteiger partial charge in [-0.25, -0.2) is 0 Å². The number of pyridine rings is 1. The number of carbonyl (C=O) groups excluding carboxylic acids is 1. The molecule has 0 bridgehead atoms. The zero-order valence-corrected chi connectivity index (χ0v) is 9.93. The first-order valence-corrected chi connectivity index (χ1v) is 5.24. The first-order valence-electron chi connectivity index (χ1n) is 5.24. The van der Waals surface area contributed by atoms with Crippen LogP contribution in [0.3, 0.4) is 0 Å². The van der Waals surface area contributed by atoms with Gasteiger partial charge >= 0.3 is 0 Å². The van der Waals surface area contributed by atoms with E-state index in [1.165, 1.54) is 0 Å². The van der Waals surface area contributed by atoms with Gasteiger partial charge in [-0.2, -0.15) is 9.47 Å². The van der Waals surface area contributed by atoms with Crippen molar-refractivity contribution in [3.05, 3.63) is 35.0 Å². The standard InChI is InChI=1S/C12H17N2O2/c1-12(2,3)11(15)9-14-6-4-5-10(8-14)7-13-16/h4-6,8H,7,9H2,1-3H3/q+1. The normalized spacial score (nSPS) is 11.2. The quantitative estimate of drug-likeness (QED) is 0.575. The second-order valence-electron chi connectivity index (χ2n) is 4.84. The van der Waals surface area contributed by atoms with Crippen molar-refractivity contribution in [2.24, 2.45) is 10.6 Å². The summed E-state index contributed by atoms with van der Waals surface area (Å²) in [5.41, 5.74) is 0.477. The van der Waals surface area contributed by atoms with Crippen LogP contribution in [0, 0.1) is 10.3 Å². The van der Waals surface area contributed by atoms with E-state index in [0.717, 1.165) is 5.56 Å². The summed E-state index contributed by atoms with van der Waals surface area (Å²) in [6, 6.07) is 3.63. The number of carbonyl (C=O) groups is 1. The molecule has 4 heteroatoms. The fraction of sp³-hybridized carbons (Fsp3) is 0.500. The maximum atomic E-state index is 11.8. The first kappa shape index (κ1) is 12.5. The van der Waals surface area contributed by atoms with E-state index < -0.39 is 0 Å². The molecule has 0 N–H and O–H groups in total. The summed E-state index contributed by atoms with van der Waals surface area (Å²) in [4.78, 5) is 21.9.